The zero-order valence-corrected chi connectivity index (χ0v) is 12.8. The Kier molecular flexibility index (Phi) is 4.26. The Morgan fingerprint density at radius 2 is 1.81 bits per heavy atom. The zero-order chi connectivity index (χ0) is 14.7. The summed E-state index contributed by atoms with van der Waals surface area (Å²) in [6.45, 7) is 4.46. The summed E-state index contributed by atoms with van der Waals surface area (Å²) in [6.07, 6.45) is 3.48. The Labute approximate surface area is 127 Å². The molecule has 0 fully saturated rings. The van der Waals surface area contributed by atoms with E-state index >= 15 is 0 Å². The molecule has 2 heteroatoms. The van der Waals surface area contributed by atoms with Crippen molar-refractivity contribution in [3.05, 3.63) is 65.2 Å². The van der Waals surface area contributed by atoms with Crippen LogP contribution in [0, 0.1) is 0 Å². The van der Waals surface area contributed by atoms with Crippen molar-refractivity contribution in [3.63, 3.8) is 0 Å². The number of rotatable bonds is 5. The van der Waals surface area contributed by atoms with E-state index in [-0.39, 0.29) is 0 Å². The van der Waals surface area contributed by atoms with Gasteiger partial charge in [-0.05, 0) is 54.6 Å². The van der Waals surface area contributed by atoms with Crippen LogP contribution < -0.4 is 5.73 Å². The topological polar surface area (TPSA) is 29.3 Å². The Balaban J connectivity index is 1.74. The Bertz CT molecular complexity index is 592. The Hall–Kier alpha value is -1.80. The third kappa shape index (κ3) is 3.27. The first kappa shape index (κ1) is 14.2. The predicted octanol–water partition coefficient (Wildman–Crippen LogP) is 3.65. The summed E-state index contributed by atoms with van der Waals surface area (Å²) in [5, 5.41) is 0. The van der Waals surface area contributed by atoms with E-state index in [1.165, 1.54) is 23.1 Å². The number of nitrogens with zero attached hydrogens (tertiary/aromatic N) is 1. The van der Waals surface area contributed by atoms with Crippen LogP contribution in [0.15, 0.2) is 48.5 Å². The fraction of sp³-hybridized carbons (Fsp3) is 0.368. The average molecular weight is 280 g/mol. The van der Waals surface area contributed by atoms with Gasteiger partial charge in [-0.3, -0.25) is 4.90 Å². The average Bonchev–Trinajstić information content (AvgIpc) is 2.91. The van der Waals surface area contributed by atoms with Crippen molar-refractivity contribution in [1.29, 1.82) is 0 Å². The molecule has 1 aliphatic carbocycles. The van der Waals surface area contributed by atoms with Crippen molar-refractivity contribution >= 4 is 5.69 Å². The van der Waals surface area contributed by atoms with Crippen LogP contribution in [0.25, 0.3) is 0 Å². The van der Waals surface area contributed by atoms with Crippen LogP contribution in [0.3, 0.4) is 0 Å². The van der Waals surface area contributed by atoms with Gasteiger partial charge in [0.2, 0.25) is 0 Å². The molecule has 2 aromatic rings. The first-order valence-corrected chi connectivity index (χ1v) is 7.91. The molecule has 0 spiro atoms. The van der Waals surface area contributed by atoms with Gasteiger partial charge in [0.05, 0.1) is 0 Å². The molecule has 0 heterocycles. The van der Waals surface area contributed by atoms with Crippen LogP contribution in [0.2, 0.25) is 0 Å². The zero-order valence-electron chi connectivity index (χ0n) is 12.8. The van der Waals surface area contributed by atoms with Crippen LogP contribution in [0.5, 0.6) is 0 Å². The molecule has 2 N–H and O–H groups in total. The van der Waals surface area contributed by atoms with Crippen molar-refractivity contribution in [2.75, 3.05) is 12.3 Å². The van der Waals surface area contributed by atoms with Crippen LogP contribution in [-0.2, 0) is 19.4 Å². The summed E-state index contributed by atoms with van der Waals surface area (Å²) >= 11 is 0. The SMILES string of the molecule is CCCN(Cc1ccccc1)C1Cc2ccc(N)cc2C1. The molecule has 0 bridgehead atoms. The highest BCUT2D eigenvalue weighted by Gasteiger charge is 2.26. The van der Waals surface area contributed by atoms with Gasteiger partial charge in [0.25, 0.3) is 0 Å². The van der Waals surface area contributed by atoms with Gasteiger partial charge in [0, 0.05) is 18.3 Å². The van der Waals surface area contributed by atoms with Gasteiger partial charge >= 0.3 is 0 Å². The van der Waals surface area contributed by atoms with E-state index in [4.69, 9.17) is 5.73 Å². The third-order valence-corrected chi connectivity index (χ3v) is 4.40. The molecule has 0 aliphatic heterocycles. The minimum absolute atomic E-state index is 0.613. The van der Waals surface area contributed by atoms with E-state index in [0.717, 1.165) is 31.6 Å². The maximum Gasteiger partial charge on any atom is 0.0316 e. The first-order chi connectivity index (χ1) is 10.3. The summed E-state index contributed by atoms with van der Waals surface area (Å²) in [4.78, 5) is 2.63. The van der Waals surface area contributed by atoms with Crippen molar-refractivity contribution in [2.45, 2.75) is 38.8 Å². The molecule has 0 aromatic heterocycles. The molecule has 110 valence electrons. The van der Waals surface area contributed by atoms with Gasteiger partial charge in [-0.15, -0.1) is 0 Å². The fourth-order valence-electron chi connectivity index (χ4n) is 3.37. The third-order valence-electron chi connectivity index (χ3n) is 4.40. The number of hydrogen-bond acceptors (Lipinski definition) is 2. The maximum atomic E-state index is 5.92. The number of fused-ring (bicyclic) bond motifs is 1. The predicted molar refractivity (Wildman–Crippen MR) is 89.2 cm³/mol. The van der Waals surface area contributed by atoms with E-state index < -0.39 is 0 Å². The summed E-state index contributed by atoms with van der Waals surface area (Å²) in [7, 11) is 0. The molecule has 0 radical (unpaired) electrons. The van der Waals surface area contributed by atoms with Gasteiger partial charge in [0.15, 0.2) is 0 Å². The van der Waals surface area contributed by atoms with Crippen LogP contribution >= 0.6 is 0 Å². The van der Waals surface area contributed by atoms with Crippen molar-refractivity contribution in [3.8, 4) is 0 Å². The van der Waals surface area contributed by atoms with Gasteiger partial charge in [-0.2, -0.15) is 0 Å². The van der Waals surface area contributed by atoms with E-state index in [1.807, 2.05) is 6.07 Å². The van der Waals surface area contributed by atoms with Crippen LogP contribution in [0.1, 0.15) is 30.0 Å². The highest BCUT2D eigenvalue weighted by Crippen LogP contribution is 2.28. The maximum absolute atomic E-state index is 5.92. The van der Waals surface area contributed by atoms with E-state index in [2.05, 4.69) is 54.3 Å². The fourth-order valence-corrected chi connectivity index (χ4v) is 3.37. The lowest BCUT2D eigenvalue weighted by atomic mass is 10.1. The number of anilines is 1. The van der Waals surface area contributed by atoms with Gasteiger partial charge in [0.1, 0.15) is 0 Å². The molecule has 1 atom stereocenters. The van der Waals surface area contributed by atoms with Gasteiger partial charge in [-0.25, -0.2) is 0 Å². The van der Waals surface area contributed by atoms with Crippen LogP contribution in [-0.4, -0.2) is 17.5 Å². The minimum atomic E-state index is 0.613. The number of nitrogens with two attached hydrogens (primary N) is 1. The van der Waals surface area contributed by atoms with Gasteiger partial charge in [-0.1, -0.05) is 43.3 Å². The quantitative estimate of drug-likeness (QED) is 0.847. The molecule has 3 rings (SSSR count). The van der Waals surface area contributed by atoms with Crippen LogP contribution in [0.4, 0.5) is 5.69 Å². The van der Waals surface area contributed by atoms with Crippen molar-refractivity contribution in [1.82, 2.24) is 4.90 Å². The standard InChI is InChI=1S/C19H24N2/c1-2-10-21(14-15-6-4-3-5-7-15)19-12-16-8-9-18(20)11-17(16)13-19/h3-9,11,19H,2,10,12-14,20H2,1H3. The Morgan fingerprint density at radius 3 is 2.57 bits per heavy atom. The van der Waals surface area contributed by atoms with Crippen molar-refractivity contribution < 1.29 is 0 Å². The van der Waals surface area contributed by atoms with E-state index in [9.17, 15) is 0 Å². The molecule has 2 nitrogen and oxygen atoms in total. The molecular weight excluding hydrogens is 256 g/mol. The molecule has 0 amide bonds. The molecule has 0 saturated carbocycles. The van der Waals surface area contributed by atoms with Crippen molar-refractivity contribution in [2.24, 2.45) is 0 Å². The lowest BCUT2D eigenvalue weighted by Crippen LogP contribution is -2.36. The second kappa shape index (κ2) is 6.31. The van der Waals surface area contributed by atoms with E-state index in [1.54, 1.807) is 0 Å². The molecule has 1 unspecified atom stereocenters. The lowest BCUT2D eigenvalue weighted by molar-refractivity contribution is 0.193. The highest BCUT2D eigenvalue weighted by molar-refractivity contribution is 5.47. The Morgan fingerprint density at radius 1 is 1.05 bits per heavy atom. The summed E-state index contributed by atoms with van der Waals surface area (Å²) in [5.41, 5.74) is 11.1. The minimum Gasteiger partial charge on any atom is -0.399 e. The second-order valence-corrected chi connectivity index (χ2v) is 6.05. The second-order valence-electron chi connectivity index (χ2n) is 6.05. The number of benzene rings is 2. The smallest absolute Gasteiger partial charge is 0.0316 e. The summed E-state index contributed by atoms with van der Waals surface area (Å²) in [5.74, 6) is 0. The molecule has 2 aromatic carbocycles. The molecular formula is C19H24N2. The molecule has 1 aliphatic rings. The van der Waals surface area contributed by atoms with E-state index in [0.29, 0.717) is 6.04 Å². The molecule has 21 heavy (non-hydrogen) atoms. The highest BCUT2D eigenvalue weighted by atomic mass is 15.2. The molecule has 0 saturated heterocycles. The number of nitrogen functional groups attached to an aromatic ring is 1. The normalized spacial score (nSPS) is 17.1. The van der Waals surface area contributed by atoms with Gasteiger partial charge < -0.3 is 5.73 Å². The largest absolute Gasteiger partial charge is 0.399 e. The monoisotopic (exact) mass is 280 g/mol. The summed E-state index contributed by atoms with van der Waals surface area (Å²) < 4.78 is 0. The lowest BCUT2D eigenvalue weighted by Gasteiger charge is -2.28. The summed E-state index contributed by atoms with van der Waals surface area (Å²) in [6, 6.07) is 17.8. The first-order valence-electron chi connectivity index (χ1n) is 7.91. The number of hydrogen-bond donors (Lipinski definition) is 1.